The monoisotopic (exact) mass is 230 g/mol. The van der Waals surface area contributed by atoms with Gasteiger partial charge in [-0.05, 0) is 34.5 Å². The first-order valence-corrected chi connectivity index (χ1v) is 4.54. The van der Waals surface area contributed by atoms with Gasteiger partial charge in [-0.3, -0.25) is 0 Å². The zero-order valence-corrected chi connectivity index (χ0v) is 8.47. The van der Waals surface area contributed by atoms with Crippen molar-refractivity contribution in [2.24, 2.45) is 5.73 Å². The summed E-state index contributed by atoms with van der Waals surface area (Å²) < 4.78 is 6.09. The summed E-state index contributed by atoms with van der Waals surface area (Å²) in [4.78, 5) is 4.09. The van der Waals surface area contributed by atoms with E-state index in [2.05, 4.69) is 20.9 Å². The molecule has 0 radical (unpaired) electrons. The molecular weight excluding hydrogens is 220 g/mol. The van der Waals surface area contributed by atoms with Crippen LogP contribution in [-0.2, 0) is 6.54 Å². The summed E-state index contributed by atoms with van der Waals surface area (Å²) in [6, 6.07) is 1.91. The molecule has 0 aromatic carbocycles. The number of nitrogens with two attached hydrogens (primary N) is 1. The number of aromatic nitrogens is 1. The topological polar surface area (TPSA) is 48.1 Å². The van der Waals surface area contributed by atoms with E-state index < -0.39 is 0 Å². The summed E-state index contributed by atoms with van der Waals surface area (Å²) in [5.74, 6) is 0.620. The number of rotatable bonds is 3. The van der Waals surface area contributed by atoms with E-state index in [1.165, 1.54) is 0 Å². The Kier molecular flexibility index (Phi) is 3.49. The van der Waals surface area contributed by atoms with Crippen LogP contribution in [0.1, 0.15) is 12.5 Å². The molecule has 1 heterocycles. The van der Waals surface area contributed by atoms with Gasteiger partial charge in [0.05, 0.1) is 11.1 Å². The first kappa shape index (κ1) is 9.48. The van der Waals surface area contributed by atoms with Gasteiger partial charge < -0.3 is 10.5 Å². The third kappa shape index (κ3) is 2.19. The fourth-order valence-electron chi connectivity index (χ4n) is 0.820. The summed E-state index contributed by atoms with van der Waals surface area (Å²) in [5, 5.41) is 0. The van der Waals surface area contributed by atoms with E-state index in [1.54, 1.807) is 6.20 Å². The van der Waals surface area contributed by atoms with Crippen LogP contribution in [0.4, 0.5) is 0 Å². The number of nitrogens with zero attached hydrogens (tertiary/aromatic N) is 1. The lowest BCUT2D eigenvalue weighted by atomic mass is 10.3. The number of hydrogen-bond donors (Lipinski definition) is 1. The largest absolute Gasteiger partial charge is 0.477 e. The van der Waals surface area contributed by atoms with Crippen LogP contribution in [0.2, 0.25) is 0 Å². The van der Waals surface area contributed by atoms with Crippen molar-refractivity contribution in [1.29, 1.82) is 0 Å². The summed E-state index contributed by atoms with van der Waals surface area (Å²) in [6.45, 7) is 3.04. The van der Waals surface area contributed by atoms with E-state index in [0.717, 1.165) is 10.0 Å². The average Bonchev–Trinajstić information content (AvgIpc) is 2.09. The molecule has 0 aliphatic heterocycles. The lowest BCUT2D eigenvalue weighted by Gasteiger charge is -2.04. The maximum Gasteiger partial charge on any atom is 0.227 e. The molecule has 0 aliphatic carbocycles. The highest BCUT2D eigenvalue weighted by Gasteiger charge is 2.01. The molecule has 0 aliphatic rings. The predicted octanol–water partition coefficient (Wildman–Crippen LogP) is 1.70. The Bertz CT molecular complexity index is 265. The second-order valence-corrected chi connectivity index (χ2v) is 3.12. The standard InChI is InChI=1S/C8H11BrN2O/c1-2-12-8-7(9)3-6(4-10)5-11-8/h3,5H,2,4,10H2,1H3. The lowest BCUT2D eigenvalue weighted by Crippen LogP contribution is -2.00. The van der Waals surface area contributed by atoms with Gasteiger partial charge >= 0.3 is 0 Å². The van der Waals surface area contributed by atoms with Crippen LogP contribution in [0.3, 0.4) is 0 Å². The Morgan fingerprint density at radius 3 is 2.92 bits per heavy atom. The Hall–Kier alpha value is -0.610. The normalized spacial score (nSPS) is 9.92. The van der Waals surface area contributed by atoms with Gasteiger partial charge in [0.25, 0.3) is 0 Å². The van der Waals surface area contributed by atoms with Crippen LogP contribution in [0, 0.1) is 0 Å². The van der Waals surface area contributed by atoms with Gasteiger partial charge in [0.1, 0.15) is 0 Å². The van der Waals surface area contributed by atoms with Crippen LogP contribution in [0.5, 0.6) is 5.88 Å². The fourth-order valence-corrected chi connectivity index (χ4v) is 1.33. The molecule has 0 fully saturated rings. The van der Waals surface area contributed by atoms with Crippen molar-refractivity contribution in [2.45, 2.75) is 13.5 Å². The quantitative estimate of drug-likeness (QED) is 0.861. The lowest BCUT2D eigenvalue weighted by molar-refractivity contribution is 0.324. The van der Waals surface area contributed by atoms with Gasteiger partial charge in [-0.1, -0.05) is 0 Å². The van der Waals surface area contributed by atoms with Gasteiger partial charge in [-0.15, -0.1) is 0 Å². The van der Waals surface area contributed by atoms with Gasteiger partial charge in [-0.2, -0.15) is 0 Å². The smallest absolute Gasteiger partial charge is 0.227 e. The summed E-state index contributed by atoms with van der Waals surface area (Å²) >= 11 is 3.35. The first-order valence-electron chi connectivity index (χ1n) is 3.75. The average molecular weight is 231 g/mol. The molecule has 1 aromatic rings. The highest BCUT2D eigenvalue weighted by atomic mass is 79.9. The van der Waals surface area contributed by atoms with Crippen molar-refractivity contribution in [1.82, 2.24) is 4.98 Å². The van der Waals surface area contributed by atoms with E-state index >= 15 is 0 Å². The summed E-state index contributed by atoms with van der Waals surface area (Å²) in [7, 11) is 0. The molecule has 0 bridgehead atoms. The first-order chi connectivity index (χ1) is 5.77. The zero-order chi connectivity index (χ0) is 8.97. The molecular formula is C8H11BrN2O. The number of halogens is 1. The fraction of sp³-hybridized carbons (Fsp3) is 0.375. The maximum absolute atomic E-state index is 5.44. The van der Waals surface area contributed by atoms with Crippen molar-refractivity contribution >= 4 is 15.9 Å². The molecule has 0 saturated carbocycles. The van der Waals surface area contributed by atoms with Crippen molar-refractivity contribution < 1.29 is 4.74 Å². The van der Waals surface area contributed by atoms with Gasteiger partial charge in [0, 0.05) is 12.7 Å². The highest BCUT2D eigenvalue weighted by molar-refractivity contribution is 9.10. The second kappa shape index (κ2) is 4.42. The van der Waals surface area contributed by atoms with Gasteiger partial charge in [0.2, 0.25) is 5.88 Å². The van der Waals surface area contributed by atoms with E-state index in [9.17, 15) is 0 Å². The van der Waals surface area contributed by atoms with Gasteiger partial charge in [-0.25, -0.2) is 4.98 Å². The van der Waals surface area contributed by atoms with Crippen molar-refractivity contribution in [2.75, 3.05) is 6.61 Å². The predicted molar refractivity (Wildman–Crippen MR) is 51.0 cm³/mol. The maximum atomic E-state index is 5.44. The Labute approximate surface area is 80.1 Å². The molecule has 66 valence electrons. The molecule has 3 nitrogen and oxygen atoms in total. The molecule has 4 heteroatoms. The summed E-state index contributed by atoms with van der Waals surface area (Å²) in [5.41, 5.74) is 6.43. The second-order valence-electron chi connectivity index (χ2n) is 2.27. The summed E-state index contributed by atoms with van der Waals surface area (Å²) in [6.07, 6.45) is 1.72. The van der Waals surface area contributed by atoms with Crippen LogP contribution >= 0.6 is 15.9 Å². The minimum absolute atomic E-state index is 0.498. The Morgan fingerprint density at radius 2 is 2.42 bits per heavy atom. The number of pyridine rings is 1. The third-order valence-corrected chi connectivity index (χ3v) is 1.95. The Balaban J connectivity index is 2.87. The van der Waals surface area contributed by atoms with Crippen LogP contribution in [0.15, 0.2) is 16.7 Å². The van der Waals surface area contributed by atoms with E-state index in [1.807, 2.05) is 13.0 Å². The van der Waals surface area contributed by atoms with Crippen molar-refractivity contribution in [3.8, 4) is 5.88 Å². The van der Waals surface area contributed by atoms with Crippen molar-refractivity contribution in [3.63, 3.8) is 0 Å². The molecule has 12 heavy (non-hydrogen) atoms. The van der Waals surface area contributed by atoms with E-state index in [4.69, 9.17) is 10.5 Å². The van der Waals surface area contributed by atoms with Crippen molar-refractivity contribution in [3.05, 3.63) is 22.3 Å². The van der Waals surface area contributed by atoms with Crippen LogP contribution in [0.25, 0.3) is 0 Å². The molecule has 0 amide bonds. The Morgan fingerprint density at radius 1 is 1.67 bits per heavy atom. The van der Waals surface area contributed by atoms with E-state index in [0.29, 0.717) is 19.0 Å². The molecule has 2 N–H and O–H groups in total. The molecule has 0 unspecified atom stereocenters. The highest BCUT2D eigenvalue weighted by Crippen LogP contribution is 2.22. The number of hydrogen-bond acceptors (Lipinski definition) is 3. The zero-order valence-electron chi connectivity index (χ0n) is 6.88. The molecule has 1 aromatic heterocycles. The minimum Gasteiger partial charge on any atom is -0.477 e. The minimum atomic E-state index is 0.498. The number of ether oxygens (including phenoxy) is 1. The SMILES string of the molecule is CCOc1ncc(CN)cc1Br. The molecule has 1 rings (SSSR count). The van der Waals surface area contributed by atoms with Crippen LogP contribution < -0.4 is 10.5 Å². The van der Waals surface area contributed by atoms with Crippen LogP contribution in [-0.4, -0.2) is 11.6 Å². The molecule has 0 spiro atoms. The molecule has 0 saturated heterocycles. The third-order valence-electron chi connectivity index (χ3n) is 1.38. The van der Waals surface area contributed by atoms with E-state index in [-0.39, 0.29) is 0 Å². The molecule has 0 atom stereocenters. The van der Waals surface area contributed by atoms with Gasteiger partial charge in [0.15, 0.2) is 0 Å².